The summed E-state index contributed by atoms with van der Waals surface area (Å²) < 4.78 is 1.28. The number of aryl methyl sites for hydroxylation is 1. The number of H-pyrrole nitrogens is 1. The third-order valence-electron chi connectivity index (χ3n) is 2.59. The average molecular weight is 229 g/mol. The van der Waals surface area contributed by atoms with Crippen molar-refractivity contribution in [3.05, 3.63) is 36.0 Å². The van der Waals surface area contributed by atoms with Crippen LogP contribution < -0.4 is 5.73 Å². The number of nitrogens with two attached hydrogens (primary N) is 1. The minimum absolute atomic E-state index is 0.697. The fourth-order valence-electron chi connectivity index (χ4n) is 1.75. The predicted octanol–water partition coefficient (Wildman–Crippen LogP) is 3.18. The summed E-state index contributed by atoms with van der Waals surface area (Å²) in [4.78, 5) is 1.13. The number of nitrogens with one attached hydrogen (secondary N) is 1. The number of benzene rings is 1. The molecule has 3 N–H and O–H groups in total. The van der Waals surface area contributed by atoms with Gasteiger partial charge in [-0.25, -0.2) is 0 Å². The highest BCUT2D eigenvalue weighted by atomic mass is 32.1. The summed E-state index contributed by atoms with van der Waals surface area (Å²) in [6.07, 6.45) is 1.64. The molecule has 0 unspecified atom stereocenters. The molecule has 16 heavy (non-hydrogen) atoms. The number of nitrogens with zero attached hydrogens (tertiary/aromatic N) is 1. The number of anilines is 1. The van der Waals surface area contributed by atoms with Gasteiger partial charge < -0.3 is 5.73 Å². The van der Waals surface area contributed by atoms with Gasteiger partial charge in [0.1, 0.15) is 0 Å². The van der Waals surface area contributed by atoms with E-state index in [-0.39, 0.29) is 0 Å². The van der Waals surface area contributed by atoms with E-state index in [2.05, 4.69) is 41.4 Å². The second-order valence-corrected chi connectivity index (χ2v) is 4.94. The molecular weight excluding hydrogens is 218 g/mol. The summed E-state index contributed by atoms with van der Waals surface area (Å²) >= 11 is 1.73. The molecule has 0 atom stereocenters. The van der Waals surface area contributed by atoms with Crippen LogP contribution in [0.2, 0.25) is 0 Å². The fraction of sp³-hybridized carbons (Fsp3) is 0.0833. The second kappa shape index (κ2) is 3.35. The lowest BCUT2D eigenvalue weighted by Gasteiger charge is -1.91. The van der Waals surface area contributed by atoms with Crippen molar-refractivity contribution in [1.29, 1.82) is 0 Å². The number of fused-ring (bicyclic) bond motifs is 1. The van der Waals surface area contributed by atoms with Crippen molar-refractivity contribution in [2.75, 3.05) is 5.73 Å². The van der Waals surface area contributed by atoms with Gasteiger partial charge >= 0.3 is 0 Å². The van der Waals surface area contributed by atoms with E-state index in [0.717, 1.165) is 10.6 Å². The monoisotopic (exact) mass is 229 g/mol. The van der Waals surface area contributed by atoms with Crippen LogP contribution in [0.1, 0.15) is 5.56 Å². The lowest BCUT2D eigenvalue weighted by molar-refractivity contribution is 1.10. The Bertz CT molecular complexity index is 651. The van der Waals surface area contributed by atoms with E-state index < -0.39 is 0 Å². The summed E-state index contributed by atoms with van der Waals surface area (Å²) in [5.41, 5.74) is 8.73. The Kier molecular flexibility index (Phi) is 1.97. The molecule has 2 heterocycles. The first-order valence-electron chi connectivity index (χ1n) is 5.03. The fourth-order valence-corrected chi connectivity index (χ4v) is 2.93. The number of aromatic nitrogens is 2. The Morgan fingerprint density at radius 3 is 2.94 bits per heavy atom. The van der Waals surface area contributed by atoms with Crippen molar-refractivity contribution in [2.45, 2.75) is 6.92 Å². The Labute approximate surface area is 96.9 Å². The first-order valence-corrected chi connectivity index (χ1v) is 5.85. The predicted molar refractivity (Wildman–Crippen MR) is 68.6 cm³/mol. The SMILES string of the molecule is Cc1ccc2cc(-c3[nH]ncc3N)sc2c1. The van der Waals surface area contributed by atoms with Crippen LogP contribution in [0.3, 0.4) is 0 Å². The van der Waals surface area contributed by atoms with Crippen molar-refractivity contribution in [3.63, 3.8) is 0 Å². The Morgan fingerprint density at radius 1 is 1.31 bits per heavy atom. The molecule has 0 saturated carbocycles. The molecule has 0 aliphatic carbocycles. The zero-order valence-electron chi connectivity index (χ0n) is 8.82. The van der Waals surface area contributed by atoms with Gasteiger partial charge in [0.15, 0.2) is 0 Å². The molecule has 0 aliphatic rings. The molecule has 0 spiro atoms. The highest BCUT2D eigenvalue weighted by Gasteiger charge is 2.08. The van der Waals surface area contributed by atoms with Crippen molar-refractivity contribution in [1.82, 2.24) is 10.2 Å². The zero-order chi connectivity index (χ0) is 11.1. The molecule has 0 amide bonds. The minimum atomic E-state index is 0.697. The van der Waals surface area contributed by atoms with Gasteiger partial charge in [-0.05, 0) is 30.0 Å². The van der Waals surface area contributed by atoms with Crippen LogP contribution in [0.5, 0.6) is 0 Å². The van der Waals surface area contributed by atoms with Crippen molar-refractivity contribution >= 4 is 27.1 Å². The van der Waals surface area contributed by atoms with Crippen LogP contribution >= 0.6 is 11.3 Å². The van der Waals surface area contributed by atoms with Gasteiger partial charge in [0.25, 0.3) is 0 Å². The standard InChI is InChI=1S/C12H11N3S/c1-7-2-3-8-5-11(16-10(8)4-7)12-9(13)6-14-15-12/h2-6H,13H2,1H3,(H,14,15). The topological polar surface area (TPSA) is 54.7 Å². The molecule has 3 nitrogen and oxygen atoms in total. The molecule has 3 rings (SSSR count). The van der Waals surface area contributed by atoms with Crippen LogP contribution in [0.4, 0.5) is 5.69 Å². The molecule has 0 fully saturated rings. The maximum absolute atomic E-state index is 5.84. The third-order valence-corrected chi connectivity index (χ3v) is 3.71. The van der Waals surface area contributed by atoms with Gasteiger partial charge in [-0.1, -0.05) is 12.1 Å². The largest absolute Gasteiger partial charge is 0.396 e. The Hall–Kier alpha value is -1.81. The lowest BCUT2D eigenvalue weighted by atomic mass is 10.2. The molecule has 0 saturated heterocycles. The molecule has 80 valence electrons. The van der Waals surface area contributed by atoms with E-state index in [4.69, 9.17) is 5.73 Å². The first kappa shape index (κ1) is 9.42. The van der Waals surface area contributed by atoms with Crippen molar-refractivity contribution < 1.29 is 0 Å². The van der Waals surface area contributed by atoms with Crippen molar-refractivity contribution in [3.8, 4) is 10.6 Å². The maximum atomic E-state index is 5.84. The lowest BCUT2D eigenvalue weighted by Crippen LogP contribution is -1.83. The average Bonchev–Trinajstić information content (AvgIpc) is 2.82. The van der Waals surface area contributed by atoms with Crippen LogP contribution in [0, 0.1) is 6.92 Å². The molecule has 3 aromatic rings. The summed E-state index contributed by atoms with van der Waals surface area (Å²) in [5, 5.41) is 8.12. The van der Waals surface area contributed by atoms with Gasteiger partial charge in [-0.2, -0.15) is 5.10 Å². The number of thiophene rings is 1. The van der Waals surface area contributed by atoms with Gasteiger partial charge in [-0.3, -0.25) is 5.10 Å². The summed E-state index contributed by atoms with van der Waals surface area (Å²) in [7, 11) is 0. The minimum Gasteiger partial charge on any atom is -0.396 e. The zero-order valence-corrected chi connectivity index (χ0v) is 9.64. The van der Waals surface area contributed by atoms with E-state index in [0.29, 0.717) is 5.69 Å². The molecule has 0 aliphatic heterocycles. The van der Waals surface area contributed by atoms with E-state index >= 15 is 0 Å². The highest BCUT2D eigenvalue weighted by Crippen LogP contribution is 2.35. The summed E-state index contributed by atoms with van der Waals surface area (Å²) in [5.74, 6) is 0. The highest BCUT2D eigenvalue weighted by molar-refractivity contribution is 7.22. The van der Waals surface area contributed by atoms with Crippen LogP contribution in [-0.2, 0) is 0 Å². The first-order chi connectivity index (χ1) is 7.74. The van der Waals surface area contributed by atoms with Crippen LogP contribution in [0.15, 0.2) is 30.5 Å². The molecule has 4 heteroatoms. The molecule has 2 aromatic heterocycles. The Balaban J connectivity index is 2.23. The smallest absolute Gasteiger partial charge is 0.0980 e. The van der Waals surface area contributed by atoms with Gasteiger partial charge in [0, 0.05) is 4.70 Å². The normalized spacial score (nSPS) is 11.1. The number of nitrogen functional groups attached to an aromatic ring is 1. The van der Waals surface area contributed by atoms with E-state index in [1.165, 1.54) is 15.6 Å². The van der Waals surface area contributed by atoms with Crippen molar-refractivity contribution in [2.24, 2.45) is 0 Å². The van der Waals surface area contributed by atoms with Crippen LogP contribution in [0.25, 0.3) is 20.7 Å². The van der Waals surface area contributed by atoms with Gasteiger partial charge in [0.2, 0.25) is 0 Å². The number of rotatable bonds is 1. The van der Waals surface area contributed by atoms with Crippen LogP contribution in [-0.4, -0.2) is 10.2 Å². The summed E-state index contributed by atoms with van der Waals surface area (Å²) in [6.45, 7) is 2.10. The Morgan fingerprint density at radius 2 is 2.19 bits per heavy atom. The van der Waals surface area contributed by atoms with Gasteiger partial charge in [0.05, 0.1) is 22.5 Å². The number of aromatic amines is 1. The van der Waals surface area contributed by atoms with E-state index in [1.54, 1.807) is 17.5 Å². The third kappa shape index (κ3) is 1.39. The quantitative estimate of drug-likeness (QED) is 0.673. The maximum Gasteiger partial charge on any atom is 0.0980 e. The number of hydrogen-bond donors (Lipinski definition) is 2. The van der Waals surface area contributed by atoms with Gasteiger partial charge in [-0.15, -0.1) is 11.3 Å². The number of hydrogen-bond acceptors (Lipinski definition) is 3. The molecule has 1 aromatic carbocycles. The second-order valence-electron chi connectivity index (χ2n) is 3.85. The van der Waals surface area contributed by atoms with E-state index in [1.807, 2.05) is 0 Å². The van der Waals surface area contributed by atoms with E-state index in [9.17, 15) is 0 Å². The molecular formula is C12H11N3S. The molecule has 0 radical (unpaired) electrons. The molecule has 0 bridgehead atoms. The summed E-state index contributed by atoms with van der Waals surface area (Å²) in [6, 6.07) is 8.59.